The van der Waals surface area contributed by atoms with Crippen molar-refractivity contribution in [3.05, 3.63) is 35.9 Å². The molecule has 0 radical (unpaired) electrons. The first-order valence-corrected chi connectivity index (χ1v) is 8.03. The molecule has 1 fully saturated rings. The summed E-state index contributed by atoms with van der Waals surface area (Å²) in [5.74, 6) is 0.244. The SMILES string of the molecule is CC(C)N(CCC(=O)O)C(=O)CC1CC(c2ccccc2)C1. The van der Waals surface area contributed by atoms with Crippen molar-refractivity contribution < 1.29 is 14.7 Å². The number of nitrogens with zero attached hydrogens (tertiary/aromatic N) is 1. The van der Waals surface area contributed by atoms with Crippen LogP contribution in [0.1, 0.15) is 51.0 Å². The number of rotatable bonds is 7. The van der Waals surface area contributed by atoms with E-state index in [9.17, 15) is 9.59 Å². The zero-order chi connectivity index (χ0) is 16.1. The third-order valence-corrected chi connectivity index (χ3v) is 4.48. The van der Waals surface area contributed by atoms with Gasteiger partial charge in [0.05, 0.1) is 6.42 Å². The molecule has 1 saturated carbocycles. The molecular formula is C18H25NO3. The fourth-order valence-electron chi connectivity index (χ4n) is 3.15. The van der Waals surface area contributed by atoms with E-state index >= 15 is 0 Å². The first kappa shape index (κ1) is 16.5. The number of carbonyl (C=O) groups excluding carboxylic acids is 1. The summed E-state index contributed by atoms with van der Waals surface area (Å²) < 4.78 is 0. The Hall–Kier alpha value is -1.84. The molecule has 0 spiro atoms. The van der Waals surface area contributed by atoms with Crippen LogP contribution in [-0.2, 0) is 9.59 Å². The molecule has 0 unspecified atom stereocenters. The molecule has 1 aromatic carbocycles. The summed E-state index contributed by atoms with van der Waals surface area (Å²) in [6.45, 7) is 4.18. The molecule has 22 heavy (non-hydrogen) atoms. The second-order valence-electron chi connectivity index (χ2n) is 6.47. The third-order valence-electron chi connectivity index (χ3n) is 4.48. The van der Waals surface area contributed by atoms with E-state index in [-0.39, 0.29) is 18.4 Å². The predicted molar refractivity (Wildman–Crippen MR) is 85.6 cm³/mol. The van der Waals surface area contributed by atoms with Crippen LogP contribution >= 0.6 is 0 Å². The van der Waals surface area contributed by atoms with Gasteiger partial charge in [0.25, 0.3) is 0 Å². The lowest BCUT2D eigenvalue weighted by atomic mass is 9.70. The van der Waals surface area contributed by atoms with Gasteiger partial charge in [0, 0.05) is 19.0 Å². The zero-order valence-corrected chi connectivity index (χ0v) is 13.4. The number of carboxylic acids is 1. The van der Waals surface area contributed by atoms with Crippen LogP contribution in [0.4, 0.5) is 0 Å². The van der Waals surface area contributed by atoms with Crippen molar-refractivity contribution in [3.8, 4) is 0 Å². The lowest BCUT2D eigenvalue weighted by Crippen LogP contribution is -2.40. The van der Waals surface area contributed by atoms with Gasteiger partial charge >= 0.3 is 5.97 Å². The quantitative estimate of drug-likeness (QED) is 0.841. The fraction of sp³-hybridized carbons (Fsp3) is 0.556. The normalized spacial score (nSPS) is 20.5. The first-order chi connectivity index (χ1) is 10.5. The molecule has 1 aliphatic carbocycles. The van der Waals surface area contributed by atoms with Crippen molar-refractivity contribution in [2.75, 3.05) is 6.54 Å². The maximum atomic E-state index is 12.4. The average Bonchev–Trinajstić information content (AvgIpc) is 2.42. The van der Waals surface area contributed by atoms with Crippen LogP contribution < -0.4 is 0 Å². The van der Waals surface area contributed by atoms with E-state index < -0.39 is 5.97 Å². The van der Waals surface area contributed by atoms with Gasteiger partial charge in [0.1, 0.15) is 0 Å². The van der Waals surface area contributed by atoms with Gasteiger partial charge in [-0.25, -0.2) is 0 Å². The van der Waals surface area contributed by atoms with Crippen LogP contribution in [-0.4, -0.2) is 34.5 Å². The predicted octanol–water partition coefficient (Wildman–Crippen LogP) is 3.28. The maximum absolute atomic E-state index is 12.4. The highest BCUT2D eigenvalue weighted by atomic mass is 16.4. The summed E-state index contributed by atoms with van der Waals surface area (Å²) in [6, 6.07) is 10.5. The third kappa shape index (κ3) is 4.33. The molecule has 1 aromatic rings. The van der Waals surface area contributed by atoms with E-state index in [1.54, 1.807) is 4.90 Å². The van der Waals surface area contributed by atoms with Crippen molar-refractivity contribution in [1.82, 2.24) is 4.90 Å². The van der Waals surface area contributed by atoms with E-state index in [1.165, 1.54) is 5.56 Å². The van der Waals surface area contributed by atoms with Crippen LogP contribution in [0.15, 0.2) is 30.3 Å². The Bertz CT molecular complexity index is 506. The molecule has 0 heterocycles. The minimum Gasteiger partial charge on any atom is -0.481 e. The van der Waals surface area contributed by atoms with E-state index in [1.807, 2.05) is 19.9 Å². The highest BCUT2D eigenvalue weighted by Gasteiger charge is 2.33. The molecular weight excluding hydrogens is 278 g/mol. The molecule has 4 heteroatoms. The Balaban J connectivity index is 1.81. The Morgan fingerprint density at radius 2 is 1.86 bits per heavy atom. The number of benzene rings is 1. The molecule has 1 amide bonds. The van der Waals surface area contributed by atoms with Gasteiger partial charge in [0.2, 0.25) is 5.91 Å². The number of hydrogen-bond acceptors (Lipinski definition) is 2. The molecule has 0 aliphatic heterocycles. The summed E-state index contributed by atoms with van der Waals surface area (Å²) in [6.07, 6.45) is 2.67. The standard InChI is InChI=1S/C18H25NO3/c1-13(2)19(9-8-18(21)22)17(20)12-14-10-16(11-14)15-6-4-3-5-7-15/h3-7,13-14,16H,8-12H2,1-2H3,(H,21,22). The molecule has 1 N–H and O–H groups in total. The topological polar surface area (TPSA) is 57.6 Å². The summed E-state index contributed by atoms with van der Waals surface area (Å²) >= 11 is 0. The van der Waals surface area contributed by atoms with Gasteiger partial charge in [-0.1, -0.05) is 30.3 Å². The highest BCUT2D eigenvalue weighted by molar-refractivity contribution is 5.77. The molecule has 0 saturated heterocycles. The van der Waals surface area contributed by atoms with Crippen molar-refractivity contribution in [2.24, 2.45) is 5.92 Å². The van der Waals surface area contributed by atoms with E-state index in [4.69, 9.17) is 5.11 Å². The minimum atomic E-state index is -0.855. The van der Waals surface area contributed by atoms with Gasteiger partial charge in [-0.2, -0.15) is 0 Å². The summed E-state index contributed by atoms with van der Waals surface area (Å²) in [5, 5.41) is 8.79. The van der Waals surface area contributed by atoms with E-state index in [0.29, 0.717) is 24.8 Å². The summed E-state index contributed by atoms with van der Waals surface area (Å²) in [7, 11) is 0. The van der Waals surface area contributed by atoms with Crippen LogP contribution in [0.3, 0.4) is 0 Å². The lowest BCUT2D eigenvalue weighted by molar-refractivity contribution is -0.139. The van der Waals surface area contributed by atoms with Crippen molar-refractivity contribution >= 4 is 11.9 Å². The van der Waals surface area contributed by atoms with Crippen molar-refractivity contribution in [1.29, 1.82) is 0 Å². The highest BCUT2D eigenvalue weighted by Crippen LogP contribution is 2.43. The number of carbonyl (C=O) groups is 2. The Morgan fingerprint density at radius 1 is 1.23 bits per heavy atom. The largest absolute Gasteiger partial charge is 0.481 e. The lowest BCUT2D eigenvalue weighted by Gasteiger charge is -2.37. The van der Waals surface area contributed by atoms with Gasteiger partial charge in [-0.15, -0.1) is 0 Å². The Labute approximate surface area is 132 Å². The number of carboxylic acid groups (broad SMARTS) is 1. The average molecular weight is 303 g/mol. The van der Waals surface area contributed by atoms with Gasteiger partial charge < -0.3 is 10.0 Å². The summed E-state index contributed by atoms with van der Waals surface area (Å²) in [5.41, 5.74) is 1.36. The van der Waals surface area contributed by atoms with Gasteiger partial charge in [-0.05, 0) is 44.1 Å². The fourth-order valence-corrected chi connectivity index (χ4v) is 3.15. The zero-order valence-electron chi connectivity index (χ0n) is 13.4. The van der Waals surface area contributed by atoms with Crippen molar-refractivity contribution in [3.63, 3.8) is 0 Å². The van der Waals surface area contributed by atoms with E-state index in [2.05, 4.69) is 24.3 Å². The molecule has 0 aromatic heterocycles. The van der Waals surface area contributed by atoms with Crippen LogP contribution in [0.5, 0.6) is 0 Å². The first-order valence-electron chi connectivity index (χ1n) is 8.03. The van der Waals surface area contributed by atoms with Crippen LogP contribution in [0, 0.1) is 5.92 Å². The monoisotopic (exact) mass is 303 g/mol. The molecule has 120 valence electrons. The van der Waals surface area contributed by atoms with Crippen LogP contribution in [0.2, 0.25) is 0 Å². The molecule has 0 bridgehead atoms. The smallest absolute Gasteiger partial charge is 0.305 e. The second-order valence-corrected chi connectivity index (χ2v) is 6.47. The van der Waals surface area contributed by atoms with Crippen LogP contribution in [0.25, 0.3) is 0 Å². The maximum Gasteiger partial charge on any atom is 0.305 e. The van der Waals surface area contributed by atoms with Gasteiger partial charge in [-0.3, -0.25) is 9.59 Å². The van der Waals surface area contributed by atoms with Gasteiger partial charge in [0.15, 0.2) is 0 Å². The van der Waals surface area contributed by atoms with Crippen molar-refractivity contribution in [2.45, 2.75) is 51.5 Å². The minimum absolute atomic E-state index is 0.0151. The number of aliphatic carboxylic acids is 1. The summed E-state index contributed by atoms with van der Waals surface area (Å²) in [4.78, 5) is 24.8. The molecule has 0 atom stereocenters. The molecule has 2 rings (SSSR count). The number of hydrogen-bond donors (Lipinski definition) is 1. The molecule has 4 nitrogen and oxygen atoms in total. The number of amides is 1. The Morgan fingerprint density at radius 3 is 2.41 bits per heavy atom. The Kier molecular flexibility index (Phi) is 5.58. The van der Waals surface area contributed by atoms with E-state index in [0.717, 1.165) is 12.8 Å². The second kappa shape index (κ2) is 7.43. The molecule has 1 aliphatic rings.